The summed E-state index contributed by atoms with van der Waals surface area (Å²) < 4.78 is 41.9. The Morgan fingerprint density at radius 1 is 1.18 bits per heavy atom. The van der Waals surface area contributed by atoms with E-state index in [1.165, 1.54) is 24.3 Å². The van der Waals surface area contributed by atoms with E-state index in [0.29, 0.717) is 30.3 Å². The van der Waals surface area contributed by atoms with Crippen molar-refractivity contribution >= 4 is 23.4 Å². The van der Waals surface area contributed by atoms with Gasteiger partial charge in [-0.05, 0) is 33.6 Å². The zero-order valence-corrected chi connectivity index (χ0v) is 22.3. The highest BCUT2D eigenvalue weighted by Crippen LogP contribution is 2.56. The Hall–Kier alpha value is -4.04. The van der Waals surface area contributed by atoms with Gasteiger partial charge in [-0.15, -0.1) is 18.3 Å². The summed E-state index contributed by atoms with van der Waals surface area (Å²) in [5.74, 6) is 1.27. The average Bonchev–Trinajstić information content (AvgIpc) is 3.29. The predicted molar refractivity (Wildman–Crippen MR) is 135 cm³/mol. The number of hydrogen-bond acceptors (Lipinski definition) is 10. The number of carbonyl (C=O) groups excluding carboxylic acids is 1. The van der Waals surface area contributed by atoms with E-state index in [0.717, 1.165) is 30.6 Å². The van der Waals surface area contributed by atoms with Crippen LogP contribution in [0.5, 0.6) is 0 Å². The molecule has 1 spiro atoms. The molecule has 2 fully saturated rings. The van der Waals surface area contributed by atoms with Gasteiger partial charge in [-0.3, -0.25) is 9.53 Å². The molecular weight excluding hydrogens is 527 g/mol. The molecule has 0 radical (unpaired) electrons. The van der Waals surface area contributed by atoms with Crippen molar-refractivity contribution in [2.24, 2.45) is 5.41 Å². The number of rotatable bonds is 5. The third kappa shape index (κ3) is 4.66. The fourth-order valence-electron chi connectivity index (χ4n) is 5.86. The van der Waals surface area contributed by atoms with Crippen molar-refractivity contribution in [1.82, 2.24) is 25.1 Å². The SMILES string of the molecule is C[C@@H]1CN(c2ncnc3c2C2(CCC2)CN3c2cc(C#N)cnn2)[C@@H](C)CN1C(=O)C(C)(C#N)COC(F)(F)F. The van der Waals surface area contributed by atoms with Crippen LogP contribution in [0, 0.1) is 28.1 Å². The van der Waals surface area contributed by atoms with Crippen molar-refractivity contribution in [1.29, 1.82) is 10.5 Å². The number of aromatic nitrogens is 4. The predicted octanol–water partition coefficient (Wildman–Crippen LogP) is 3.20. The van der Waals surface area contributed by atoms with E-state index in [-0.39, 0.29) is 18.0 Å². The van der Waals surface area contributed by atoms with Crippen LogP contribution in [-0.2, 0) is 14.9 Å². The lowest BCUT2D eigenvalue weighted by Gasteiger charge is -2.48. The van der Waals surface area contributed by atoms with Crippen LogP contribution in [-0.4, -0.2) is 75.7 Å². The van der Waals surface area contributed by atoms with Crippen LogP contribution in [0.3, 0.4) is 0 Å². The lowest BCUT2D eigenvalue weighted by Crippen LogP contribution is -2.61. The number of amides is 1. The molecule has 1 aliphatic carbocycles. The molecule has 5 rings (SSSR count). The van der Waals surface area contributed by atoms with Crippen LogP contribution in [0.15, 0.2) is 18.6 Å². The maximum Gasteiger partial charge on any atom is 0.522 e. The highest BCUT2D eigenvalue weighted by molar-refractivity contribution is 5.86. The van der Waals surface area contributed by atoms with Gasteiger partial charge in [0.05, 0.1) is 24.4 Å². The molecular formula is C26H28F3N9O2. The fraction of sp³-hybridized carbons (Fsp3) is 0.577. The maximum atomic E-state index is 13.3. The molecule has 40 heavy (non-hydrogen) atoms. The van der Waals surface area contributed by atoms with E-state index in [4.69, 9.17) is 0 Å². The summed E-state index contributed by atoms with van der Waals surface area (Å²) in [4.78, 5) is 28.2. The van der Waals surface area contributed by atoms with Crippen LogP contribution < -0.4 is 9.80 Å². The van der Waals surface area contributed by atoms with E-state index < -0.39 is 30.3 Å². The standard InChI is InChI=1S/C26H28F3N9O2/c1-16-11-37(23(39)24(3,12-31)14-40-26(27,28)29)17(2)10-36(16)21-20-22(33-15-32-21)38(13-25(20)5-4-6-25)19-7-18(8-30)9-34-35-19/h7,9,15-17H,4-6,10-11,13-14H2,1-3H3/t16-,17+,24?/m0/s1. The Balaban J connectivity index is 1.44. The number of nitrogens with zero attached hydrogens (tertiary/aromatic N) is 9. The van der Waals surface area contributed by atoms with Crippen molar-refractivity contribution < 1.29 is 22.7 Å². The van der Waals surface area contributed by atoms with Gasteiger partial charge in [0.2, 0.25) is 5.91 Å². The second-order valence-corrected chi connectivity index (χ2v) is 11.0. The molecule has 1 saturated carbocycles. The van der Waals surface area contributed by atoms with E-state index in [1.807, 2.05) is 11.8 Å². The molecule has 11 nitrogen and oxygen atoms in total. The minimum absolute atomic E-state index is 0.189. The third-order valence-corrected chi connectivity index (χ3v) is 8.17. The minimum atomic E-state index is -4.95. The summed E-state index contributed by atoms with van der Waals surface area (Å²) in [6.07, 6.45) is 0.857. The quantitative estimate of drug-likeness (QED) is 0.541. The summed E-state index contributed by atoms with van der Waals surface area (Å²) >= 11 is 0. The molecule has 2 aromatic heterocycles. The number of hydrogen-bond donors (Lipinski definition) is 0. The second-order valence-electron chi connectivity index (χ2n) is 11.0. The van der Waals surface area contributed by atoms with Gasteiger partial charge in [0.1, 0.15) is 24.0 Å². The second kappa shape index (κ2) is 9.86. The normalized spacial score (nSPS) is 23.1. The lowest BCUT2D eigenvalue weighted by molar-refractivity contribution is -0.329. The molecule has 0 aromatic carbocycles. The van der Waals surface area contributed by atoms with Gasteiger partial charge in [0.15, 0.2) is 11.2 Å². The van der Waals surface area contributed by atoms with E-state index >= 15 is 0 Å². The summed E-state index contributed by atoms with van der Waals surface area (Å²) in [6.45, 7) is 4.97. The smallest absolute Gasteiger partial charge is 0.350 e. The highest BCUT2D eigenvalue weighted by Gasteiger charge is 2.52. The first-order valence-corrected chi connectivity index (χ1v) is 13.0. The van der Waals surface area contributed by atoms with Gasteiger partial charge in [0.25, 0.3) is 0 Å². The molecule has 4 heterocycles. The maximum absolute atomic E-state index is 13.3. The van der Waals surface area contributed by atoms with Crippen LogP contribution in [0.2, 0.25) is 0 Å². The van der Waals surface area contributed by atoms with E-state index in [2.05, 4.69) is 35.9 Å². The van der Waals surface area contributed by atoms with Crippen molar-refractivity contribution in [3.8, 4) is 12.1 Å². The number of ether oxygens (including phenoxy) is 1. The topological polar surface area (TPSA) is 135 Å². The number of anilines is 3. The number of piperazine rings is 1. The van der Waals surface area contributed by atoms with Crippen molar-refractivity contribution in [3.05, 3.63) is 29.7 Å². The van der Waals surface area contributed by atoms with Gasteiger partial charge in [-0.25, -0.2) is 9.97 Å². The summed E-state index contributed by atoms with van der Waals surface area (Å²) in [7, 11) is 0. The molecule has 210 valence electrons. The van der Waals surface area contributed by atoms with E-state index in [9.17, 15) is 28.5 Å². The first-order valence-electron chi connectivity index (χ1n) is 13.0. The van der Waals surface area contributed by atoms with Gasteiger partial charge in [-0.2, -0.15) is 15.6 Å². The van der Waals surface area contributed by atoms with Gasteiger partial charge < -0.3 is 14.7 Å². The van der Waals surface area contributed by atoms with Gasteiger partial charge in [-0.1, -0.05) is 6.42 Å². The van der Waals surface area contributed by atoms with Gasteiger partial charge in [0, 0.05) is 48.8 Å². The number of alkyl halides is 3. The molecule has 1 amide bonds. The van der Waals surface area contributed by atoms with Crippen LogP contribution >= 0.6 is 0 Å². The lowest BCUT2D eigenvalue weighted by atomic mass is 9.66. The zero-order valence-electron chi connectivity index (χ0n) is 22.3. The van der Waals surface area contributed by atoms with Crippen LogP contribution in [0.1, 0.15) is 51.2 Å². The molecule has 3 atom stereocenters. The van der Waals surface area contributed by atoms with Crippen LogP contribution in [0.25, 0.3) is 0 Å². The molecule has 0 N–H and O–H groups in total. The number of carbonyl (C=O) groups is 1. The summed E-state index contributed by atoms with van der Waals surface area (Å²) in [5.41, 5.74) is -0.800. The molecule has 14 heteroatoms. The molecule has 2 aromatic rings. The first kappa shape index (κ1) is 27.5. The van der Waals surface area contributed by atoms with Crippen LogP contribution in [0.4, 0.5) is 30.6 Å². The Morgan fingerprint density at radius 3 is 2.52 bits per heavy atom. The van der Waals surface area contributed by atoms with E-state index in [1.54, 1.807) is 19.1 Å². The summed E-state index contributed by atoms with van der Waals surface area (Å²) in [6, 6.07) is 4.84. The average molecular weight is 556 g/mol. The van der Waals surface area contributed by atoms with Crippen molar-refractivity contribution in [2.75, 3.05) is 36.0 Å². The fourth-order valence-corrected chi connectivity index (χ4v) is 5.86. The highest BCUT2D eigenvalue weighted by atomic mass is 19.4. The third-order valence-electron chi connectivity index (χ3n) is 8.17. The van der Waals surface area contributed by atoms with Crippen molar-refractivity contribution in [2.45, 2.75) is 63.9 Å². The first-order chi connectivity index (χ1) is 18.9. The molecule has 2 aliphatic heterocycles. The Labute approximate surface area is 229 Å². The Bertz CT molecular complexity index is 1400. The Kier molecular flexibility index (Phi) is 6.78. The zero-order chi connectivity index (χ0) is 28.9. The minimum Gasteiger partial charge on any atom is -0.350 e. The molecule has 1 unspecified atom stereocenters. The number of fused-ring (bicyclic) bond motifs is 2. The monoisotopic (exact) mass is 555 g/mol. The Morgan fingerprint density at radius 2 is 1.90 bits per heavy atom. The largest absolute Gasteiger partial charge is 0.522 e. The summed E-state index contributed by atoms with van der Waals surface area (Å²) in [5, 5.41) is 27.2. The number of halogens is 3. The number of nitriles is 2. The molecule has 0 bridgehead atoms. The van der Waals surface area contributed by atoms with Gasteiger partial charge >= 0.3 is 6.36 Å². The molecule has 1 saturated heterocycles. The molecule has 3 aliphatic rings. The van der Waals surface area contributed by atoms with Crippen molar-refractivity contribution in [3.63, 3.8) is 0 Å².